The smallest absolute Gasteiger partial charge is 0.306 e. The Morgan fingerprint density at radius 3 is 2.97 bits per heavy atom. The SMILES string of the molecule is O=C(CCc1nc2sc3c(c2c(=O)[nH]1)CCCC3)OCCOc1cccc(Cl)c1. The first-order valence-corrected chi connectivity index (χ1v) is 10.9. The zero-order valence-electron chi connectivity index (χ0n) is 15.8. The number of esters is 1. The van der Waals surface area contributed by atoms with Crippen LogP contribution in [0.25, 0.3) is 10.2 Å². The predicted octanol–water partition coefficient (Wildman–Crippen LogP) is 4.07. The fourth-order valence-corrected chi connectivity index (χ4v) is 4.95. The number of benzene rings is 1. The van der Waals surface area contributed by atoms with Crippen LogP contribution in [0.15, 0.2) is 29.1 Å². The van der Waals surface area contributed by atoms with Gasteiger partial charge in [-0.3, -0.25) is 9.59 Å². The summed E-state index contributed by atoms with van der Waals surface area (Å²) in [4.78, 5) is 34.0. The van der Waals surface area contributed by atoms with Crippen molar-refractivity contribution < 1.29 is 14.3 Å². The van der Waals surface area contributed by atoms with Crippen molar-refractivity contribution in [1.82, 2.24) is 9.97 Å². The van der Waals surface area contributed by atoms with Crippen LogP contribution in [-0.2, 0) is 28.8 Å². The standard InChI is InChI=1S/C21H21ClN2O4S/c22-13-4-3-5-14(12-13)27-10-11-28-18(25)9-8-17-23-20(26)19-15-6-1-2-7-16(15)29-21(19)24-17/h3-5,12H,1-2,6-11H2,(H,23,24,26). The summed E-state index contributed by atoms with van der Waals surface area (Å²) < 4.78 is 10.7. The van der Waals surface area contributed by atoms with Gasteiger partial charge in [0.1, 0.15) is 29.6 Å². The van der Waals surface area contributed by atoms with E-state index in [0.29, 0.717) is 23.0 Å². The molecule has 0 fully saturated rings. The molecule has 29 heavy (non-hydrogen) atoms. The maximum atomic E-state index is 12.5. The van der Waals surface area contributed by atoms with Crippen molar-refractivity contribution in [3.63, 3.8) is 0 Å². The number of carbonyl (C=O) groups excluding carboxylic acids is 1. The lowest BCUT2D eigenvalue weighted by molar-refractivity contribution is -0.144. The number of ether oxygens (including phenoxy) is 2. The molecule has 1 aliphatic rings. The first kappa shape index (κ1) is 19.9. The Bertz CT molecular complexity index is 1090. The lowest BCUT2D eigenvalue weighted by Gasteiger charge is -2.09. The fraction of sp³-hybridized carbons (Fsp3) is 0.381. The molecular formula is C21H21ClN2O4S. The third kappa shape index (κ3) is 4.79. The molecule has 4 rings (SSSR count). The van der Waals surface area contributed by atoms with Crippen LogP contribution in [0, 0.1) is 0 Å². The molecule has 0 spiro atoms. The molecule has 1 aromatic carbocycles. The number of fused-ring (bicyclic) bond motifs is 3. The number of nitrogens with one attached hydrogen (secondary N) is 1. The predicted molar refractivity (Wildman–Crippen MR) is 113 cm³/mol. The zero-order chi connectivity index (χ0) is 20.2. The van der Waals surface area contributed by atoms with Gasteiger partial charge in [-0.1, -0.05) is 17.7 Å². The fourth-order valence-electron chi connectivity index (χ4n) is 3.49. The van der Waals surface area contributed by atoms with E-state index in [0.717, 1.165) is 41.5 Å². The van der Waals surface area contributed by atoms with Gasteiger partial charge in [0.2, 0.25) is 0 Å². The Hall–Kier alpha value is -2.38. The summed E-state index contributed by atoms with van der Waals surface area (Å²) in [5, 5.41) is 1.32. The van der Waals surface area contributed by atoms with Crippen LogP contribution in [0.3, 0.4) is 0 Å². The van der Waals surface area contributed by atoms with Gasteiger partial charge >= 0.3 is 5.97 Å². The van der Waals surface area contributed by atoms with Gasteiger partial charge in [0, 0.05) is 16.3 Å². The quantitative estimate of drug-likeness (QED) is 0.449. The van der Waals surface area contributed by atoms with E-state index in [1.165, 1.54) is 4.88 Å². The van der Waals surface area contributed by atoms with E-state index in [1.54, 1.807) is 35.6 Å². The van der Waals surface area contributed by atoms with Gasteiger partial charge in [-0.2, -0.15) is 0 Å². The molecule has 8 heteroatoms. The molecule has 0 amide bonds. The third-order valence-electron chi connectivity index (χ3n) is 4.85. The number of nitrogens with zero attached hydrogens (tertiary/aromatic N) is 1. The Morgan fingerprint density at radius 2 is 2.10 bits per heavy atom. The maximum Gasteiger partial charge on any atom is 0.306 e. The average Bonchev–Trinajstić information content (AvgIpc) is 3.08. The summed E-state index contributed by atoms with van der Waals surface area (Å²) in [5.41, 5.74) is 1.06. The van der Waals surface area contributed by atoms with Gasteiger partial charge in [0.25, 0.3) is 5.56 Å². The van der Waals surface area contributed by atoms with Crippen LogP contribution in [0.1, 0.15) is 35.5 Å². The number of hydrogen-bond donors (Lipinski definition) is 1. The molecular weight excluding hydrogens is 412 g/mol. The van der Waals surface area contributed by atoms with E-state index in [4.69, 9.17) is 21.1 Å². The molecule has 2 aromatic heterocycles. The van der Waals surface area contributed by atoms with Crippen LogP contribution >= 0.6 is 22.9 Å². The zero-order valence-corrected chi connectivity index (χ0v) is 17.4. The van der Waals surface area contributed by atoms with Crippen molar-refractivity contribution in [2.45, 2.75) is 38.5 Å². The number of rotatable bonds is 7. The molecule has 0 bridgehead atoms. The van der Waals surface area contributed by atoms with Crippen molar-refractivity contribution >= 4 is 39.1 Å². The van der Waals surface area contributed by atoms with Gasteiger partial charge in [0.05, 0.1) is 11.8 Å². The van der Waals surface area contributed by atoms with Crippen molar-refractivity contribution in [1.29, 1.82) is 0 Å². The molecule has 0 atom stereocenters. The van der Waals surface area contributed by atoms with Crippen LogP contribution in [0.2, 0.25) is 5.02 Å². The summed E-state index contributed by atoms with van der Waals surface area (Å²) >= 11 is 7.49. The molecule has 0 radical (unpaired) electrons. The van der Waals surface area contributed by atoms with E-state index in [-0.39, 0.29) is 31.2 Å². The Labute approximate surface area is 176 Å². The highest BCUT2D eigenvalue weighted by atomic mass is 35.5. The highest BCUT2D eigenvalue weighted by Gasteiger charge is 2.20. The molecule has 2 heterocycles. The molecule has 1 N–H and O–H groups in total. The Kier molecular flexibility index (Phi) is 6.16. The minimum absolute atomic E-state index is 0.104. The van der Waals surface area contributed by atoms with Gasteiger partial charge in [0.15, 0.2) is 0 Å². The monoisotopic (exact) mass is 432 g/mol. The summed E-state index contributed by atoms with van der Waals surface area (Å²) in [7, 11) is 0. The van der Waals surface area contributed by atoms with E-state index in [2.05, 4.69) is 9.97 Å². The van der Waals surface area contributed by atoms with Crippen LogP contribution in [0.5, 0.6) is 5.75 Å². The van der Waals surface area contributed by atoms with E-state index < -0.39 is 0 Å². The lowest BCUT2D eigenvalue weighted by atomic mass is 9.97. The molecule has 0 saturated heterocycles. The topological polar surface area (TPSA) is 81.3 Å². The molecule has 1 aliphatic carbocycles. The van der Waals surface area contributed by atoms with Crippen LogP contribution in [0.4, 0.5) is 0 Å². The van der Waals surface area contributed by atoms with Crippen molar-refractivity contribution in [3.05, 3.63) is 55.9 Å². The van der Waals surface area contributed by atoms with Gasteiger partial charge < -0.3 is 14.5 Å². The average molecular weight is 433 g/mol. The summed E-state index contributed by atoms with van der Waals surface area (Å²) in [6.45, 7) is 0.389. The van der Waals surface area contributed by atoms with Crippen LogP contribution in [-0.4, -0.2) is 29.2 Å². The number of aryl methyl sites for hydroxylation is 3. The van der Waals surface area contributed by atoms with Crippen LogP contribution < -0.4 is 10.3 Å². The molecule has 0 saturated carbocycles. The second-order valence-corrected chi connectivity index (χ2v) is 8.45. The first-order chi connectivity index (χ1) is 14.1. The minimum Gasteiger partial charge on any atom is -0.490 e. The first-order valence-electron chi connectivity index (χ1n) is 9.67. The maximum absolute atomic E-state index is 12.5. The van der Waals surface area contributed by atoms with Gasteiger partial charge in [-0.05, 0) is 49.4 Å². The number of thiophene rings is 1. The minimum atomic E-state index is -0.354. The summed E-state index contributed by atoms with van der Waals surface area (Å²) in [6, 6.07) is 7.03. The highest BCUT2D eigenvalue weighted by Crippen LogP contribution is 2.33. The number of aromatic amines is 1. The Balaban J connectivity index is 1.29. The second-order valence-electron chi connectivity index (χ2n) is 6.93. The number of aromatic nitrogens is 2. The highest BCUT2D eigenvalue weighted by molar-refractivity contribution is 7.18. The number of carbonyl (C=O) groups is 1. The molecule has 0 aliphatic heterocycles. The van der Waals surface area contributed by atoms with E-state index in [1.807, 2.05) is 0 Å². The normalized spacial score (nSPS) is 13.3. The Morgan fingerprint density at radius 1 is 1.24 bits per heavy atom. The number of H-pyrrole nitrogens is 1. The van der Waals surface area contributed by atoms with E-state index >= 15 is 0 Å². The van der Waals surface area contributed by atoms with Crippen molar-refractivity contribution in [2.75, 3.05) is 13.2 Å². The van der Waals surface area contributed by atoms with E-state index in [9.17, 15) is 9.59 Å². The lowest BCUT2D eigenvalue weighted by Crippen LogP contribution is -2.16. The largest absolute Gasteiger partial charge is 0.490 e. The number of halogens is 1. The molecule has 3 aromatic rings. The number of hydrogen-bond acceptors (Lipinski definition) is 6. The third-order valence-corrected chi connectivity index (χ3v) is 6.27. The van der Waals surface area contributed by atoms with Crippen molar-refractivity contribution in [2.24, 2.45) is 0 Å². The second kappa shape index (κ2) is 8.97. The van der Waals surface area contributed by atoms with Crippen molar-refractivity contribution in [3.8, 4) is 5.75 Å². The van der Waals surface area contributed by atoms with Gasteiger partial charge in [-0.15, -0.1) is 11.3 Å². The summed E-state index contributed by atoms with van der Waals surface area (Å²) in [5.74, 6) is 0.795. The molecule has 6 nitrogen and oxygen atoms in total. The van der Waals surface area contributed by atoms with Gasteiger partial charge in [-0.25, -0.2) is 4.98 Å². The molecule has 152 valence electrons. The summed E-state index contributed by atoms with van der Waals surface area (Å²) in [6.07, 6.45) is 4.74. The molecule has 0 unspecified atom stereocenters.